The maximum Gasteiger partial charge on any atom is 0.246 e. The Labute approximate surface area is 108 Å². The third-order valence-corrected chi connectivity index (χ3v) is 5.52. The van der Waals surface area contributed by atoms with E-state index in [2.05, 4.69) is 22.4 Å². The molecule has 0 spiro atoms. The van der Waals surface area contributed by atoms with E-state index in [1.54, 1.807) is 4.31 Å². The number of piperidine rings is 1. The van der Waals surface area contributed by atoms with Gasteiger partial charge in [-0.25, -0.2) is 8.42 Å². The zero-order valence-corrected chi connectivity index (χ0v) is 11.6. The predicted molar refractivity (Wildman–Crippen MR) is 68.6 cm³/mol. The van der Waals surface area contributed by atoms with E-state index in [1.165, 1.54) is 12.4 Å². The van der Waals surface area contributed by atoms with Crippen molar-refractivity contribution in [3.05, 3.63) is 12.4 Å². The third kappa shape index (κ3) is 2.57. The minimum atomic E-state index is -3.38. The van der Waals surface area contributed by atoms with Gasteiger partial charge < -0.3 is 5.32 Å². The average Bonchev–Trinajstić information content (AvgIpc) is 2.92. The molecule has 2 rings (SSSR count). The number of nitrogens with one attached hydrogen (secondary N) is 2. The van der Waals surface area contributed by atoms with Crippen LogP contribution < -0.4 is 5.32 Å². The summed E-state index contributed by atoms with van der Waals surface area (Å²) in [6.07, 6.45) is 4.77. The van der Waals surface area contributed by atoms with Crippen molar-refractivity contribution in [2.24, 2.45) is 5.92 Å². The number of rotatable bonds is 4. The predicted octanol–water partition coefficient (Wildman–Crippen LogP) is 0.418. The molecular formula is C11H20N4O2S. The van der Waals surface area contributed by atoms with Crippen molar-refractivity contribution in [2.45, 2.75) is 30.7 Å². The van der Waals surface area contributed by atoms with Crippen LogP contribution in [0.15, 0.2) is 17.3 Å². The fourth-order valence-electron chi connectivity index (χ4n) is 2.37. The molecule has 2 unspecified atom stereocenters. The Morgan fingerprint density at radius 2 is 2.39 bits per heavy atom. The molecule has 1 aromatic heterocycles. The smallest absolute Gasteiger partial charge is 0.246 e. The first kappa shape index (κ1) is 13.5. The van der Waals surface area contributed by atoms with Crippen molar-refractivity contribution < 1.29 is 8.42 Å². The summed E-state index contributed by atoms with van der Waals surface area (Å²) in [4.78, 5) is 0.250. The first-order valence-corrected chi connectivity index (χ1v) is 7.66. The molecule has 0 bridgehead atoms. The average molecular weight is 272 g/mol. The van der Waals surface area contributed by atoms with E-state index in [0.717, 1.165) is 12.8 Å². The fraction of sp³-hybridized carbons (Fsp3) is 0.727. The Balaban J connectivity index is 2.14. The number of H-pyrrole nitrogens is 1. The van der Waals surface area contributed by atoms with E-state index in [-0.39, 0.29) is 4.90 Å². The summed E-state index contributed by atoms with van der Waals surface area (Å²) >= 11 is 0. The van der Waals surface area contributed by atoms with Crippen LogP contribution in [0.2, 0.25) is 0 Å². The van der Waals surface area contributed by atoms with Gasteiger partial charge in [-0.2, -0.15) is 9.40 Å². The monoisotopic (exact) mass is 272 g/mol. The molecule has 0 radical (unpaired) electrons. The largest absolute Gasteiger partial charge is 0.317 e. The second-order valence-corrected chi connectivity index (χ2v) is 6.71. The number of nitrogens with zero attached hydrogens (tertiary/aromatic N) is 2. The molecule has 1 aliphatic rings. The highest BCUT2D eigenvalue weighted by atomic mass is 32.2. The van der Waals surface area contributed by atoms with Crippen LogP contribution in [-0.4, -0.2) is 49.1 Å². The lowest BCUT2D eigenvalue weighted by atomic mass is 9.93. The number of sulfonamides is 1. The highest BCUT2D eigenvalue weighted by Gasteiger charge is 2.32. The topological polar surface area (TPSA) is 78.1 Å². The Kier molecular flexibility index (Phi) is 4.04. The maximum atomic E-state index is 12.4. The van der Waals surface area contributed by atoms with E-state index < -0.39 is 10.0 Å². The summed E-state index contributed by atoms with van der Waals surface area (Å²) in [6, 6.07) is 0.326. The Morgan fingerprint density at radius 3 is 3.00 bits per heavy atom. The van der Waals surface area contributed by atoms with Crippen LogP contribution >= 0.6 is 0 Å². The van der Waals surface area contributed by atoms with Crippen LogP contribution in [0, 0.1) is 5.92 Å². The first-order valence-electron chi connectivity index (χ1n) is 6.22. The van der Waals surface area contributed by atoms with Gasteiger partial charge in [0.25, 0.3) is 0 Å². The molecular weight excluding hydrogens is 252 g/mol. The molecule has 2 heterocycles. The van der Waals surface area contributed by atoms with Gasteiger partial charge in [0, 0.05) is 25.3 Å². The molecule has 1 aromatic rings. The molecule has 1 saturated heterocycles. The van der Waals surface area contributed by atoms with Crippen LogP contribution in [0.5, 0.6) is 0 Å². The maximum absolute atomic E-state index is 12.4. The van der Waals surface area contributed by atoms with Crippen molar-refractivity contribution in [2.75, 3.05) is 20.1 Å². The third-order valence-electron chi connectivity index (χ3n) is 3.69. The van der Waals surface area contributed by atoms with Gasteiger partial charge in [0.05, 0.1) is 6.20 Å². The highest BCUT2D eigenvalue weighted by molar-refractivity contribution is 7.89. The van der Waals surface area contributed by atoms with Gasteiger partial charge in [-0.3, -0.25) is 5.10 Å². The van der Waals surface area contributed by atoms with Gasteiger partial charge in [-0.15, -0.1) is 0 Å². The molecule has 1 aliphatic heterocycles. The summed E-state index contributed by atoms with van der Waals surface area (Å²) in [5, 5.41) is 9.46. The van der Waals surface area contributed by atoms with Crippen molar-refractivity contribution in [3.8, 4) is 0 Å². The zero-order valence-electron chi connectivity index (χ0n) is 10.8. The summed E-state index contributed by atoms with van der Waals surface area (Å²) in [7, 11) is -1.47. The van der Waals surface area contributed by atoms with Crippen LogP contribution in [-0.2, 0) is 10.0 Å². The summed E-state index contributed by atoms with van der Waals surface area (Å²) < 4.78 is 26.3. The molecule has 6 nitrogen and oxygen atoms in total. The second kappa shape index (κ2) is 5.38. The quantitative estimate of drug-likeness (QED) is 0.832. The van der Waals surface area contributed by atoms with Gasteiger partial charge in [-0.05, 0) is 32.7 Å². The van der Waals surface area contributed by atoms with Crippen molar-refractivity contribution in [3.63, 3.8) is 0 Å². The van der Waals surface area contributed by atoms with E-state index >= 15 is 0 Å². The van der Waals surface area contributed by atoms with Crippen LogP contribution in [0.25, 0.3) is 0 Å². The van der Waals surface area contributed by atoms with Crippen molar-refractivity contribution in [1.82, 2.24) is 19.8 Å². The molecule has 18 heavy (non-hydrogen) atoms. The molecule has 0 aliphatic carbocycles. The first-order chi connectivity index (χ1) is 8.55. The summed E-state index contributed by atoms with van der Waals surface area (Å²) in [5.41, 5.74) is 0. The summed E-state index contributed by atoms with van der Waals surface area (Å²) in [6.45, 7) is 3.27. The van der Waals surface area contributed by atoms with Gasteiger partial charge in [0.2, 0.25) is 10.0 Å². The van der Waals surface area contributed by atoms with E-state index in [4.69, 9.17) is 0 Å². The number of hydrogen-bond acceptors (Lipinski definition) is 4. The van der Waals surface area contributed by atoms with Crippen LogP contribution in [0.3, 0.4) is 0 Å². The van der Waals surface area contributed by atoms with Crippen LogP contribution in [0.1, 0.15) is 19.8 Å². The Hall–Kier alpha value is -0.920. The SMILES string of the molecule is CNC(C)C1CCCN(S(=O)(=O)c2cn[nH]c2)C1. The zero-order chi connectivity index (χ0) is 13.2. The van der Waals surface area contributed by atoms with Gasteiger partial charge in [0.15, 0.2) is 0 Å². The van der Waals surface area contributed by atoms with E-state index in [1.807, 2.05) is 7.05 Å². The molecule has 102 valence electrons. The summed E-state index contributed by atoms with van der Waals surface area (Å²) in [5.74, 6) is 0.366. The molecule has 1 fully saturated rings. The molecule has 2 atom stereocenters. The van der Waals surface area contributed by atoms with Gasteiger partial charge in [0.1, 0.15) is 4.90 Å². The number of hydrogen-bond donors (Lipinski definition) is 2. The molecule has 0 amide bonds. The standard InChI is InChI=1S/C11H20N4O2S/c1-9(12-2)10-4-3-5-15(8-10)18(16,17)11-6-13-14-7-11/h6-7,9-10,12H,3-5,8H2,1-2H3,(H,13,14). The second-order valence-electron chi connectivity index (χ2n) is 4.78. The molecule has 7 heteroatoms. The number of aromatic nitrogens is 2. The Bertz CT molecular complexity index is 471. The highest BCUT2D eigenvalue weighted by Crippen LogP contribution is 2.24. The molecule has 0 aromatic carbocycles. The lowest BCUT2D eigenvalue weighted by Crippen LogP contribution is -2.45. The van der Waals surface area contributed by atoms with Gasteiger partial charge >= 0.3 is 0 Å². The van der Waals surface area contributed by atoms with Crippen LogP contribution in [0.4, 0.5) is 0 Å². The Morgan fingerprint density at radius 1 is 1.61 bits per heavy atom. The van der Waals surface area contributed by atoms with Gasteiger partial charge in [-0.1, -0.05) is 0 Å². The molecule has 0 saturated carbocycles. The lowest BCUT2D eigenvalue weighted by Gasteiger charge is -2.34. The normalized spacial score (nSPS) is 24.0. The van der Waals surface area contributed by atoms with E-state index in [9.17, 15) is 8.42 Å². The van der Waals surface area contributed by atoms with Crippen molar-refractivity contribution in [1.29, 1.82) is 0 Å². The minimum absolute atomic E-state index is 0.250. The van der Waals surface area contributed by atoms with E-state index in [0.29, 0.717) is 25.0 Å². The van der Waals surface area contributed by atoms with Crippen molar-refractivity contribution >= 4 is 10.0 Å². The molecule has 2 N–H and O–H groups in total. The minimum Gasteiger partial charge on any atom is -0.317 e. The number of aromatic amines is 1. The fourth-order valence-corrected chi connectivity index (χ4v) is 3.81. The lowest BCUT2D eigenvalue weighted by molar-refractivity contribution is 0.229.